The van der Waals surface area contributed by atoms with E-state index in [1.165, 1.54) is 0 Å². The zero-order valence-corrected chi connectivity index (χ0v) is 10.5. The van der Waals surface area contributed by atoms with Crippen LogP contribution in [0.5, 0.6) is 5.75 Å². The molecule has 0 spiro atoms. The van der Waals surface area contributed by atoms with Gasteiger partial charge in [0.2, 0.25) is 0 Å². The van der Waals surface area contributed by atoms with Crippen molar-refractivity contribution in [3.63, 3.8) is 0 Å². The van der Waals surface area contributed by atoms with Crippen molar-refractivity contribution in [3.05, 3.63) is 36.0 Å². The highest BCUT2D eigenvalue weighted by atomic mass is 16.5. The molecule has 0 radical (unpaired) electrons. The molecule has 0 aliphatic carbocycles. The highest BCUT2D eigenvalue weighted by Gasteiger charge is 2.04. The van der Waals surface area contributed by atoms with Gasteiger partial charge in [-0.3, -0.25) is 5.10 Å². The van der Waals surface area contributed by atoms with Crippen molar-refractivity contribution in [3.8, 4) is 23.1 Å². The second kappa shape index (κ2) is 5.37. The molecule has 4 heteroatoms. The van der Waals surface area contributed by atoms with E-state index in [-0.39, 0.29) is 6.10 Å². The van der Waals surface area contributed by atoms with Gasteiger partial charge in [-0.25, -0.2) is 0 Å². The van der Waals surface area contributed by atoms with Crippen LogP contribution in [0.3, 0.4) is 0 Å². The van der Waals surface area contributed by atoms with Gasteiger partial charge in [0.15, 0.2) is 0 Å². The van der Waals surface area contributed by atoms with Crippen molar-refractivity contribution < 1.29 is 4.74 Å². The van der Waals surface area contributed by atoms with Crippen LogP contribution in [0.15, 0.2) is 30.3 Å². The second-order valence-electron chi connectivity index (χ2n) is 4.30. The number of hydrogen-bond acceptors (Lipinski definition) is 3. The Morgan fingerprint density at radius 1 is 1.33 bits per heavy atom. The van der Waals surface area contributed by atoms with Crippen LogP contribution in [0, 0.1) is 11.3 Å². The van der Waals surface area contributed by atoms with Crippen LogP contribution in [-0.2, 0) is 6.42 Å². The first kappa shape index (κ1) is 12.2. The minimum atomic E-state index is 0.170. The molecule has 2 aromatic rings. The van der Waals surface area contributed by atoms with Crippen molar-refractivity contribution in [1.29, 1.82) is 5.26 Å². The SMILES string of the molecule is CC(C)Oc1ccc(-c2cc(CC#N)[nH]n2)cc1. The van der Waals surface area contributed by atoms with Crippen LogP contribution in [-0.4, -0.2) is 16.3 Å². The Bertz CT molecular complexity index is 549. The molecule has 1 aromatic heterocycles. The molecule has 2 rings (SSSR count). The molecule has 0 amide bonds. The number of aromatic amines is 1. The summed E-state index contributed by atoms with van der Waals surface area (Å²) in [5, 5.41) is 15.6. The van der Waals surface area contributed by atoms with Crippen molar-refractivity contribution >= 4 is 0 Å². The van der Waals surface area contributed by atoms with Gasteiger partial charge in [0, 0.05) is 11.3 Å². The number of rotatable bonds is 4. The molecule has 0 fully saturated rings. The van der Waals surface area contributed by atoms with Gasteiger partial charge >= 0.3 is 0 Å². The summed E-state index contributed by atoms with van der Waals surface area (Å²) in [6.45, 7) is 3.99. The predicted molar refractivity (Wildman–Crippen MR) is 69.1 cm³/mol. The molecule has 0 saturated carbocycles. The minimum absolute atomic E-state index is 0.170. The molecule has 1 heterocycles. The Hall–Kier alpha value is -2.28. The van der Waals surface area contributed by atoms with E-state index in [1.807, 2.05) is 44.2 Å². The predicted octanol–water partition coefficient (Wildman–Crippen LogP) is 2.93. The maximum atomic E-state index is 8.61. The van der Waals surface area contributed by atoms with E-state index in [1.54, 1.807) is 0 Å². The van der Waals surface area contributed by atoms with E-state index in [0.29, 0.717) is 6.42 Å². The first-order valence-electron chi connectivity index (χ1n) is 5.87. The average molecular weight is 241 g/mol. The third-order valence-electron chi connectivity index (χ3n) is 2.42. The molecule has 0 bridgehead atoms. The topological polar surface area (TPSA) is 61.7 Å². The van der Waals surface area contributed by atoms with E-state index < -0.39 is 0 Å². The fraction of sp³-hybridized carbons (Fsp3) is 0.286. The number of ether oxygens (including phenoxy) is 1. The minimum Gasteiger partial charge on any atom is -0.491 e. The van der Waals surface area contributed by atoms with E-state index in [2.05, 4.69) is 16.3 Å². The van der Waals surface area contributed by atoms with Gasteiger partial charge in [-0.2, -0.15) is 10.4 Å². The van der Waals surface area contributed by atoms with Crippen LogP contribution >= 0.6 is 0 Å². The molecule has 0 aliphatic rings. The summed E-state index contributed by atoms with van der Waals surface area (Å²) in [6.07, 6.45) is 0.519. The lowest BCUT2D eigenvalue weighted by atomic mass is 10.1. The summed E-state index contributed by atoms with van der Waals surface area (Å²) in [5.74, 6) is 0.849. The molecule has 0 unspecified atom stereocenters. The molecule has 0 saturated heterocycles. The third-order valence-corrected chi connectivity index (χ3v) is 2.42. The molecular weight excluding hydrogens is 226 g/mol. The van der Waals surface area contributed by atoms with Gasteiger partial charge in [-0.15, -0.1) is 0 Å². The Labute approximate surface area is 106 Å². The van der Waals surface area contributed by atoms with Gasteiger partial charge in [-0.05, 0) is 44.2 Å². The summed E-state index contributed by atoms with van der Waals surface area (Å²) in [6, 6.07) is 11.8. The first-order valence-corrected chi connectivity index (χ1v) is 5.87. The lowest BCUT2D eigenvalue weighted by Gasteiger charge is -2.09. The number of nitrogens with one attached hydrogen (secondary N) is 1. The van der Waals surface area contributed by atoms with Crippen molar-refractivity contribution in [2.75, 3.05) is 0 Å². The number of hydrogen-bond donors (Lipinski definition) is 1. The lowest BCUT2D eigenvalue weighted by molar-refractivity contribution is 0.242. The second-order valence-corrected chi connectivity index (χ2v) is 4.30. The summed E-state index contributed by atoms with van der Waals surface area (Å²) in [5.41, 5.74) is 2.68. The lowest BCUT2D eigenvalue weighted by Crippen LogP contribution is -2.05. The van der Waals surface area contributed by atoms with Gasteiger partial charge in [0.25, 0.3) is 0 Å². The largest absolute Gasteiger partial charge is 0.491 e. The zero-order valence-electron chi connectivity index (χ0n) is 10.5. The van der Waals surface area contributed by atoms with E-state index in [0.717, 1.165) is 22.7 Å². The number of aromatic nitrogens is 2. The normalized spacial score (nSPS) is 10.3. The first-order chi connectivity index (χ1) is 8.69. The molecule has 1 aromatic carbocycles. The third kappa shape index (κ3) is 2.89. The molecule has 0 atom stereocenters. The van der Waals surface area contributed by atoms with Crippen molar-refractivity contribution in [1.82, 2.24) is 10.2 Å². The number of H-pyrrole nitrogens is 1. The molecule has 1 N–H and O–H groups in total. The summed E-state index contributed by atoms with van der Waals surface area (Å²) in [4.78, 5) is 0. The van der Waals surface area contributed by atoms with E-state index >= 15 is 0 Å². The van der Waals surface area contributed by atoms with Crippen molar-refractivity contribution in [2.45, 2.75) is 26.4 Å². The van der Waals surface area contributed by atoms with Crippen LogP contribution < -0.4 is 4.74 Å². The zero-order chi connectivity index (χ0) is 13.0. The quantitative estimate of drug-likeness (QED) is 0.895. The average Bonchev–Trinajstić information content (AvgIpc) is 2.78. The molecule has 92 valence electrons. The number of nitrogens with zero attached hydrogens (tertiary/aromatic N) is 2. The van der Waals surface area contributed by atoms with Gasteiger partial charge < -0.3 is 4.74 Å². The monoisotopic (exact) mass is 241 g/mol. The maximum Gasteiger partial charge on any atom is 0.119 e. The molecular formula is C14H15N3O. The molecule has 0 aliphatic heterocycles. The Balaban J connectivity index is 2.15. The van der Waals surface area contributed by atoms with Crippen molar-refractivity contribution in [2.24, 2.45) is 0 Å². The Morgan fingerprint density at radius 2 is 2.06 bits per heavy atom. The smallest absolute Gasteiger partial charge is 0.119 e. The molecule has 4 nitrogen and oxygen atoms in total. The van der Waals surface area contributed by atoms with E-state index in [9.17, 15) is 0 Å². The maximum absolute atomic E-state index is 8.61. The number of benzene rings is 1. The van der Waals surface area contributed by atoms with Gasteiger partial charge in [0.05, 0.1) is 24.3 Å². The van der Waals surface area contributed by atoms with Crippen LogP contribution in [0.25, 0.3) is 11.3 Å². The van der Waals surface area contributed by atoms with Gasteiger partial charge in [0.1, 0.15) is 5.75 Å². The summed E-state index contributed by atoms with van der Waals surface area (Å²) in [7, 11) is 0. The highest BCUT2D eigenvalue weighted by molar-refractivity contribution is 5.60. The van der Waals surface area contributed by atoms with Crippen LogP contribution in [0.2, 0.25) is 0 Å². The standard InChI is InChI=1S/C14H15N3O/c1-10(2)18-13-5-3-11(4-6-13)14-9-12(7-8-15)16-17-14/h3-6,9-10H,7H2,1-2H3,(H,16,17). The van der Waals surface area contributed by atoms with Gasteiger partial charge in [-0.1, -0.05) is 0 Å². The van der Waals surface area contributed by atoms with E-state index in [4.69, 9.17) is 10.00 Å². The summed E-state index contributed by atoms with van der Waals surface area (Å²) < 4.78 is 5.58. The highest BCUT2D eigenvalue weighted by Crippen LogP contribution is 2.21. The number of nitriles is 1. The fourth-order valence-electron chi connectivity index (χ4n) is 1.66. The summed E-state index contributed by atoms with van der Waals surface area (Å²) >= 11 is 0. The van der Waals surface area contributed by atoms with Crippen LogP contribution in [0.4, 0.5) is 0 Å². The van der Waals surface area contributed by atoms with Crippen LogP contribution in [0.1, 0.15) is 19.5 Å². The Morgan fingerprint density at radius 3 is 2.67 bits per heavy atom. The Kier molecular flexibility index (Phi) is 3.63. The fourth-order valence-corrected chi connectivity index (χ4v) is 1.66. The molecule has 18 heavy (non-hydrogen) atoms.